The Bertz CT molecular complexity index is 806. The molecule has 100 valence electrons. The fourth-order valence-electron chi connectivity index (χ4n) is 1.87. The van der Waals surface area contributed by atoms with Crippen LogP contribution in [0.1, 0.15) is 0 Å². The zero-order chi connectivity index (χ0) is 13.9. The van der Waals surface area contributed by atoms with Gasteiger partial charge in [0, 0.05) is 0 Å². The highest BCUT2D eigenvalue weighted by Crippen LogP contribution is 2.27. The standard InChI is InChI=1S/C14H11N3O2S/c18-13-15-16-14(20)17(13)11-8-4-5-9-12(11)19-10-6-2-1-3-7-10/h1-9H,(H,15,18)(H,16,20). The first-order valence-electron chi connectivity index (χ1n) is 5.98. The minimum atomic E-state index is -0.334. The molecule has 0 atom stereocenters. The van der Waals surface area contributed by atoms with Gasteiger partial charge in [-0.25, -0.2) is 14.5 Å². The van der Waals surface area contributed by atoms with E-state index in [-0.39, 0.29) is 5.69 Å². The highest BCUT2D eigenvalue weighted by Gasteiger charge is 2.10. The van der Waals surface area contributed by atoms with E-state index >= 15 is 0 Å². The summed E-state index contributed by atoms with van der Waals surface area (Å²) in [7, 11) is 0. The number of para-hydroxylation sites is 3. The van der Waals surface area contributed by atoms with E-state index in [4.69, 9.17) is 17.0 Å². The molecule has 0 aliphatic carbocycles. The molecule has 0 spiro atoms. The van der Waals surface area contributed by atoms with Crippen LogP contribution in [0.25, 0.3) is 5.69 Å². The molecular weight excluding hydrogens is 274 g/mol. The molecule has 0 fully saturated rings. The third-order valence-corrected chi connectivity index (χ3v) is 3.04. The van der Waals surface area contributed by atoms with E-state index in [1.165, 1.54) is 4.57 Å². The van der Waals surface area contributed by atoms with Crippen LogP contribution in [0, 0.1) is 4.77 Å². The highest BCUT2D eigenvalue weighted by molar-refractivity contribution is 7.71. The summed E-state index contributed by atoms with van der Waals surface area (Å²) >= 11 is 5.10. The third-order valence-electron chi connectivity index (χ3n) is 2.76. The molecule has 3 rings (SSSR count). The zero-order valence-electron chi connectivity index (χ0n) is 10.4. The average molecular weight is 285 g/mol. The summed E-state index contributed by atoms with van der Waals surface area (Å²) in [4.78, 5) is 11.8. The van der Waals surface area contributed by atoms with E-state index < -0.39 is 0 Å². The Morgan fingerprint density at radius 1 is 0.950 bits per heavy atom. The van der Waals surface area contributed by atoms with Gasteiger partial charge in [-0.2, -0.15) is 0 Å². The van der Waals surface area contributed by atoms with Gasteiger partial charge in [0.1, 0.15) is 5.75 Å². The molecular formula is C14H11N3O2S. The Morgan fingerprint density at radius 2 is 1.65 bits per heavy atom. The van der Waals surface area contributed by atoms with Crippen LogP contribution in [0.15, 0.2) is 59.4 Å². The molecule has 2 N–H and O–H groups in total. The van der Waals surface area contributed by atoms with E-state index in [1.807, 2.05) is 42.5 Å². The van der Waals surface area contributed by atoms with Gasteiger partial charge in [-0.15, -0.1) is 0 Å². The Balaban J connectivity index is 2.10. The molecule has 0 aliphatic rings. The Kier molecular flexibility index (Phi) is 3.22. The zero-order valence-corrected chi connectivity index (χ0v) is 11.2. The van der Waals surface area contributed by atoms with Crippen LogP contribution in [0.2, 0.25) is 0 Å². The van der Waals surface area contributed by atoms with Crippen LogP contribution in [-0.4, -0.2) is 14.8 Å². The fourth-order valence-corrected chi connectivity index (χ4v) is 2.11. The van der Waals surface area contributed by atoms with Gasteiger partial charge >= 0.3 is 5.69 Å². The van der Waals surface area contributed by atoms with Gasteiger partial charge in [0.15, 0.2) is 5.75 Å². The van der Waals surface area contributed by atoms with Crippen LogP contribution in [-0.2, 0) is 0 Å². The monoisotopic (exact) mass is 285 g/mol. The fraction of sp³-hybridized carbons (Fsp3) is 0. The van der Waals surface area contributed by atoms with Crippen LogP contribution >= 0.6 is 12.2 Å². The lowest BCUT2D eigenvalue weighted by molar-refractivity contribution is 0.479. The van der Waals surface area contributed by atoms with E-state index in [2.05, 4.69) is 10.2 Å². The number of aromatic amines is 2. The predicted octanol–water partition coefficient (Wildman–Crippen LogP) is 3.02. The van der Waals surface area contributed by atoms with Crippen LogP contribution in [0.4, 0.5) is 0 Å². The van der Waals surface area contributed by atoms with Crippen molar-refractivity contribution in [3.8, 4) is 17.2 Å². The van der Waals surface area contributed by atoms with E-state index in [9.17, 15) is 4.79 Å². The van der Waals surface area contributed by atoms with Gasteiger partial charge < -0.3 is 4.74 Å². The summed E-state index contributed by atoms with van der Waals surface area (Å²) in [5.74, 6) is 1.25. The lowest BCUT2D eigenvalue weighted by Gasteiger charge is -2.10. The first kappa shape index (κ1) is 12.4. The van der Waals surface area contributed by atoms with Crippen molar-refractivity contribution in [1.82, 2.24) is 14.8 Å². The van der Waals surface area contributed by atoms with Crippen molar-refractivity contribution in [2.45, 2.75) is 0 Å². The number of benzene rings is 2. The van der Waals surface area contributed by atoms with Crippen molar-refractivity contribution in [3.63, 3.8) is 0 Å². The maximum atomic E-state index is 11.8. The molecule has 0 amide bonds. The second-order valence-corrected chi connectivity index (χ2v) is 4.47. The lowest BCUT2D eigenvalue weighted by Crippen LogP contribution is -2.15. The van der Waals surface area contributed by atoms with Gasteiger partial charge in [0.05, 0.1) is 5.69 Å². The normalized spacial score (nSPS) is 10.4. The topological polar surface area (TPSA) is 62.8 Å². The number of H-pyrrole nitrogens is 2. The number of nitrogens with zero attached hydrogens (tertiary/aromatic N) is 1. The lowest BCUT2D eigenvalue weighted by atomic mass is 10.3. The molecule has 0 aliphatic heterocycles. The summed E-state index contributed by atoms with van der Waals surface area (Å²) in [6.45, 7) is 0. The summed E-state index contributed by atoms with van der Waals surface area (Å²) in [6.07, 6.45) is 0. The van der Waals surface area contributed by atoms with Crippen molar-refractivity contribution in [1.29, 1.82) is 0 Å². The molecule has 1 aromatic heterocycles. The van der Waals surface area contributed by atoms with Crippen molar-refractivity contribution in [3.05, 3.63) is 69.9 Å². The quantitative estimate of drug-likeness (QED) is 0.727. The second kappa shape index (κ2) is 5.18. The van der Waals surface area contributed by atoms with E-state index in [1.54, 1.807) is 12.1 Å². The number of nitrogens with one attached hydrogen (secondary N) is 2. The van der Waals surface area contributed by atoms with E-state index in [0.29, 0.717) is 22.0 Å². The average Bonchev–Trinajstić information content (AvgIpc) is 2.80. The van der Waals surface area contributed by atoms with Gasteiger partial charge in [0.25, 0.3) is 0 Å². The summed E-state index contributed by atoms with van der Waals surface area (Å²) < 4.78 is 7.46. The van der Waals surface area contributed by atoms with Crippen molar-refractivity contribution < 1.29 is 4.74 Å². The predicted molar refractivity (Wildman–Crippen MR) is 78.1 cm³/mol. The molecule has 2 aromatic carbocycles. The number of hydrogen-bond acceptors (Lipinski definition) is 3. The first-order valence-corrected chi connectivity index (χ1v) is 6.38. The first-order chi connectivity index (χ1) is 9.75. The smallest absolute Gasteiger partial charge is 0.347 e. The molecule has 20 heavy (non-hydrogen) atoms. The van der Waals surface area contributed by atoms with Crippen LogP contribution in [0.3, 0.4) is 0 Å². The van der Waals surface area contributed by atoms with Crippen molar-refractivity contribution >= 4 is 12.2 Å². The third kappa shape index (κ3) is 2.28. The van der Waals surface area contributed by atoms with Gasteiger partial charge in [0.2, 0.25) is 4.77 Å². The molecule has 3 aromatic rings. The number of hydrogen-bond donors (Lipinski definition) is 2. The Morgan fingerprint density at radius 3 is 2.35 bits per heavy atom. The SMILES string of the molecule is O=c1[nH][nH]c(=S)n1-c1ccccc1Oc1ccccc1. The van der Waals surface area contributed by atoms with Crippen LogP contribution in [0.5, 0.6) is 11.5 Å². The number of rotatable bonds is 3. The summed E-state index contributed by atoms with van der Waals surface area (Å²) in [6, 6.07) is 16.6. The molecule has 1 heterocycles. The van der Waals surface area contributed by atoms with Gasteiger partial charge in [-0.05, 0) is 36.5 Å². The minimum absolute atomic E-state index is 0.291. The Labute approximate surface area is 119 Å². The maximum absolute atomic E-state index is 11.8. The molecule has 0 saturated heterocycles. The van der Waals surface area contributed by atoms with Gasteiger partial charge in [-0.1, -0.05) is 30.3 Å². The Hall–Kier alpha value is -2.60. The van der Waals surface area contributed by atoms with Crippen molar-refractivity contribution in [2.75, 3.05) is 0 Å². The number of aromatic nitrogens is 3. The molecule has 6 heteroatoms. The maximum Gasteiger partial charge on any atom is 0.347 e. The number of ether oxygens (including phenoxy) is 1. The summed E-state index contributed by atoms with van der Waals surface area (Å²) in [5, 5.41) is 5.06. The molecule has 0 saturated carbocycles. The van der Waals surface area contributed by atoms with Gasteiger partial charge in [-0.3, -0.25) is 5.10 Å². The minimum Gasteiger partial charge on any atom is -0.455 e. The second-order valence-electron chi connectivity index (χ2n) is 4.08. The molecule has 0 unspecified atom stereocenters. The molecule has 0 bridgehead atoms. The molecule has 5 nitrogen and oxygen atoms in total. The highest BCUT2D eigenvalue weighted by atomic mass is 32.1. The van der Waals surface area contributed by atoms with Crippen molar-refractivity contribution in [2.24, 2.45) is 0 Å². The van der Waals surface area contributed by atoms with E-state index in [0.717, 1.165) is 0 Å². The van der Waals surface area contributed by atoms with Crippen LogP contribution < -0.4 is 10.4 Å². The summed E-state index contributed by atoms with van der Waals surface area (Å²) in [5.41, 5.74) is 0.253. The largest absolute Gasteiger partial charge is 0.455 e. The molecule has 0 radical (unpaired) electrons.